The molecule has 0 aliphatic heterocycles. The molecule has 0 aliphatic rings. The molecule has 34 heavy (non-hydrogen) atoms. The summed E-state index contributed by atoms with van der Waals surface area (Å²) in [6.45, 7) is 23.7. The Morgan fingerprint density at radius 2 is 0.735 bits per heavy atom. The third kappa shape index (κ3) is 6.82. The first-order valence-corrected chi connectivity index (χ1v) is 32.7. The van der Waals surface area contributed by atoms with Crippen molar-refractivity contribution in [3.05, 3.63) is 59.7 Å². The number of halogens is 4. The van der Waals surface area contributed by atoms with Gasteiger partial charge in [-0.05, 0) is 47.2 Å². The third-order valence-corrected chi connectivity index (χ3v) is 70.4. The first-order valence-electron chi connectivity index (χ1n) is 11.9. The van der Waals surface area contributed by atoms with Crippen LogP contribution in [0.15, 0.2) is 48.5 Å². The molecule has 0 saturated heterocycles. The van der Waals surface area contributed by atoms with Crippen molar-refractivity contribution in [3.63, 3.8) is 0 Å². The molecule has 0 atom stereocenters. The maximum atomic E-state index is 4.38. The summed E-state index contributed by atoms with van der Waals surface area (Å²) in [4.78, 5) is -4.84. The molecule has 0 spiro atoms. The summed E-state index contributed by atoms with van der Waals surface area (Å²) in [6, 6.07) is 18.5. The van der Waals surface area contributed by atoms with Crippen LogP contribution in [0.5, 0.6) is 0 Å². The predicted octanol–water partition coefficient (Wildman–Crippen LogP) is 10.5. The smallest absolute Gasteiger partial charge is 0.326 e. The average Bonchev–Trinajstić information content (AvgIpc) is 2.66. The zero-order chi connectivity index (χ0) is 26.3. The molecule has 2 aromatic rings. The van der Waals surface area contributed by atoms with Crippen LogP contribution in [0.4, 0.5) is 11.4 Å². The quantitative estimate of drug-likeness (QED) is 0.185. The first kappa shape index (κ1) is 31.0. The van der Waals surface area contributed by atoms with E-state index in [1.165, 1.54) is 22.5 Å². The molecule has 0 aromatic heterocycles. The number of rotatable bonds is 9. The average molecular weight is 789 g/mol. The standard InChI is InChI=1S/C24H40Br4N2Si4/c1-19(2)21-11-15-23(16-12-21)29(31(5,6)7)33(25,26)34(27,28)30(32(8,9)10)24-17-13-22(14-18-24)20(3)4/h11-20H,1-10H3. The van der Waals surface area contributed by atoms with Crippen LogP contribution in [0.1, 0.15) is 50.7 Å². The van der Waals surface area contributed by atoms with Crippen molar-refractivity contribution in [1.82, 2.24) is 0 Å². The van der Waals surface area contributed by atoms with Gasteiger partial charge in [0.15, 0.2) is 0 Å². The van der Waals surface area contributed by atoms with Gasteiger partial charge in [0.2, 0.25) is 0 Å². The molecule has 0 bridgehead atoms. The molecule has 2 aromatic carbocycles. The third-order valence-electron chi connectivity index (χ3n) is 5.90. The minimum absolute atomic E-state index is 0.529. The molecule has 2 nitrogen and oxygen atoms in total. The molecular weight excluding hydrogens is 748 g/mol. The molecule has 0 heterocycles. The zero-order valence-electron chi connectivity index (χ0n) is 22.2. The van der Waals surface area contributed by atoms with Crippen molar-refractivity contribution in [1.29, 1.82) is 0 Å². The van der Waals surface area contributed by atoms with Gasteiger partial charge in [0.05, 0.1) is 0 Å². The largest absolute Gasteiger partial charge is 0.408 e. The van der Waals surface area contributed by atoms with Crippen LogP contribution in [0.3, 0.4) is 0 Å². The molecule has 0 aliphatic carbocycles. The summed E-state index contributed by atoms with van der Waals surface area (Å²) in [5.74, 6) is 1.06. The molecule has 0 fully saturated rings. The number of anilines is 2. The summed E-state index contributed by atoms with van der Waals surface area (Å²) >= 11 is 17.5. The van der Waals surface area contributed by atoms with Gasteiger partial charge in [0, 0.05) is 11.4 Å². The fourth-order valence-corrected chi connectivity index (χ4v) is 59.5. The van der Waals surface area contributed by atoms with Crippen molar-refractivity contribution in [2.45, 2.75) is 78.8 Å². The summed E-state index contributed by atoms with van der Waals surface area (Å²) in [5.41, 5.74) is 5.35. The lowest BCUT2D eigenvalue weighted by Gasteiger charge is -2.54. The first-order chi connectivity index (χ1) is 15.3. The van der Waals surface area contributed by atoms with Crippen LogP contribution in [-0.4, -0.2) is 26.5 Å². The van der Waals surface area contributed by atoms with Gasteiger partial charge in [-0.15, -0.1) is 0 Å². The topological polar surface area (TPSA) is 6.48 Å². The highest BCUT2D eigenvalue weighted by atomic mass is 79.9. The van der Waals surface area contributed by atoms with Crippen LogP contribution in [0.2, 0.25) is 39.3 Å². The van der Waals surface area contributed by atoms with E-state index in [4.69, 9.17) is 0 Å². The molecule has 0 radical (unpaired) electrons. The van der Waals surface area contributed by atoms with E-state index in [0.717, 1.165) is 0 Å². The molecule has 190 valence electrons. The Morgan fingerprint density at radius 1 is 0.500 bits per heavy atom. The van der Waals surface area contributed by atoms with E-state index in [-0.39, 0.29) is 0 Å². The number of benzene rings is 2. The van der Waals surface area contributed by atoms with Gasteiger partial charge in [-0.3, -0.25) is 0 Å². The maximum Gasteiger partial charge on any atom is 0.326 e. The molecular formula is C24H40Br4N2Si4. The van der Waals surface area contributed by atoms with E-state index in [1.54, 1.807) is 0 Å². The van der Waals surface area contributed by atoms with E-state index in [2.05, 4.69) is 185 Å². The lowest BCUT2D eigenvalue weighted by atomic mass is 10.0. The Balaban J connectivity index is 2.66. The zero-order valence-corrected chi connectivity index (χ0v) is 32.5. The highest BCUT2D eigenvalue weighted by molar-refractivity contribution is 9.66. The monoisotopic (exact) mass is 784 g/mol. The van der Waals surface area contributed by atoms with Crippen LogP contribution >= 0.6 is 61.2 Å². The highest BCUT2D eigenvalue weighted by Crippen LogP contribution is 2.50. The van der Waals surface area contributed by atoms with E-state index in [1.807, 2.05) is 0 Å². The summed E-state index contributed by atoms with van der Waals surface area (Å²) in [6.07, 6.45) is 0. The van der Waals surface area contributed by atoms with Crippen molar-refractivity contribution >= 4 is 99.0 Å². The van der Waals surface area contributed by atoms with Gasteiger partial charge in [-0.25, -0.2) is 0 Å². The van der Waals surface area contributed by atoms with Gasteiger partial charge >= 0.3 is 9.98 Å². The van der Waals surface area contributed by atoms with Gasteiger partial charge in [0.1, 0.15) is 16.5 Å². The Hall–Kier alpha value is 0.828. The lowest BCUT2D eigenvalue weighted by molar-refractivity contribution is 0.867. The number of hydrogen-bond acceptors (Lipinski definition) is 2. The fraction of sp³-hybridized carbons (Fsp3) is 0.500. The lowest BCUT2D eigenvalue weighted by Crippen LogP contribution is -2.76. The second-order valence-electron chi connectivity index (χ2n) is 11.6. The normalized spacial score (nSPS) is 13.5. The Bertz CT molecular complexity index is 871. The summed E-state index contributed by atoms with van der Waals surface area (Å²) in [5, 5.41) is 0. The van der Waals surface area contributed by atoms with Crippen LogP contribution < -0.4 is 8.46 Å². The Morgan fingerprint density at radius 3 is 0.912 bits per heavy atom. The molecule has 2 rings (SSSR count). The van der Waals surface area contributed by atoms with Crippen molar-refractivity contribution < 1.29 is 0 Å². The molecule has 0 saturated carbocycles. The van der Waals surface area contributed by atoms with Gasteiger partial charge in [0.25, 0.3) is 0 Å². The molecule has 0 amide bonds. The maximum absolute atomic E-state index is 4.38. The Labute approximate surface area is 243 Å². The van der Waals surface area contributed by atoms with Gasteiger partial charge in [-0.2, -0.15) is 0 Å². The van der Waals surface area contributed by atoms with Crippen molar-refractivity contribution in [2.75, 3.05) is 8.46 Å². The number of nitrogens with zero attached hydrogens (tertiary/aromatic N) is 2. The van der Waals surface area contributed by atoms with Crippen LogP contribution in [-0.2, 0) is 0 Å². The Kier molecular flexibility index (Phi) is 10.3. The van der Waals surface area contributed by atoms with E-state index < -0.39 is 26.5 Å². The SMILES string of the molecule is CC(C)c1ccc(N([Si](C)(C)C)[Si](Br)(Br)[Si](Br)(Br)N(c2ccc(C(C)C)cc2)[Si](C)(C)C)cc1. The van der Waals surface area contributed by atoms with Gasteiger partial charge in [-0.1, -0.05) is 152 Å². The van der Waals surface area contributed by atoms with E-state index >= 15 is 0 Å². The van der Waals surface area contributed by atoms with Crippen molar-refractivity contribution in [2.24, 2.45) is 0 Å². The summed E-state index contributed by atoms with van der Waals surface area (Å²) in [7, 11) is -3.56. The van der Waals surface area contributed by atoms with E-state index in [9.17, 15) is 0 Å². The van der Waals surface area contributed by atoms with Crippen LogP contribution in [0, 0.1) is 0 Å². The van der Waals surface area contributed by atoms with E-state index in [0.29, 0.717) is 11.8 Å². The second-order valence-corrected chi connectivity index (χ2v) is 58.4. The number of hydrogen-bond donors (Lipinski definition) is 0. The predicted molar refractivity (Wildman–Crippen MR) is 180 cm³/mol. The minimum Gasteiger partial charge on any atom is -0.408 e. The van der Waals surface area contributed by atoms with Crippen LogP contribution in [0.25, 0.3) is 0 Å². The van der Waals surface area contributed by atoms with Gasteiger partial charge < -0.3 is 8.46 Å². The van der Waals surface area contributed by atoms with Crippen molar-refractivity contribution in [3.8, 4) is 0 Å². The second kappa shape index (κ2) is 11.3. The summed E-state index contributed by atoms with van der Waals surface area (Å²) < 4.78 is 5.46. The molecule has 0 N–H and O–H groups in total. The minimum atomic E-state index is -2.42. The highest BCUT2D eigenvalue weighted by Gasteiger charge is 2.63. The molecule has 0 unspecified atom stereocenters. The fourth-order valence-electron chi connectivity index (χ4n) is 4.23. The molecule has 10 heteroatoms.